The number of anilines is 1. The van der Waals surface area contributed by atoms with E-state index in [9.17, 15) is 8.42 Å². The van der Waals surface area contributed by atoms with Crippen molar-refractivity contribution < 1.29 is 8.42 Å². The standard InChI is InChI=1S/C14H18N2O2S2/c1-3-14-16-10-12(19-14)9-15-11-5-7-13(8-6-11)20(17,18)4-2/h5-8,10,15H,3-4,9H2,1-2H3. The Labute approximate surface area is 123 Å². The number of sulfone groups is 1. The molecule has 0 saturated carbocycles. The van der Waals surface area contributed by atoms with Crippen LogP contribution in [0.25, 0.3) is 0 Å². The van der Waals surface area contributed by atoms with Crippen LogP contribution in [0.5, 0.6) is 0 Å². The van der Waals surface area contributed by atoms with Gasteiger partial charge in [-0.25, -0.2) is 13.4 Å². The first kappa shape index (κ1) is 15.0. The minimum atomic E-state index is -3.12. The van der Waals surface area contributed by atoms with Crippen LogP contribution in [-0.4, -0.2) is 19.2 Å². The van der Waals surface area contributed by atoms with E-state index in [4.69, 9.17) is 0 Å². The van der Waals surface area contributed by atoms with Gasteiger partial charge in [-0.3, -0.25) is 0 Å². The molecule has 20 heavy (non-hydrogen) atoms. The first-order valence-corrected chi connectivity index (χ1v) is 9.02. The van der Waals surface area contributed by atoms with Crippen LogP contribution in [0.2, 0.25) is 0 Å². The third-order valence-electron chi connectivity index (χ3n) is 2.96. The summed E-state index contributed by atoms with van der Waals surface area (Å²) in [6, 6.07) is 6.88. The average molecular weight is 310 g/mol. The molecule has 6 heteroatoms. The fraction of sp³-hybridized carbons (Fsp3) is 0.357. The van der Waals surface area contributed by atoms with Gasteiger partial charge in [0.2, 0.25) is 0 Å². The zero-order chi connectivity index (χ0) is 14.6. The maximum Gasteiger partial charge on any atom is 0.178 e. The topological polar surface area (TPSA) is 59.1 Å². The minimum Gasteiger partial charge on any atom is -0.380 e. The number of thiazole rings is 1. The molecule has 0 bridgehead atoms. The van der Waals surface area contributed by atoms with Crippen molar-refractivity contribution in [2.75, 3.05) is 11.1 Å². The van der Waals surface area contributed by atoms with Gasteiger partial charge in [0.15, 0.2) is 9.84 Å². The first-order valence-electron chi connectivity index (χ1n) is 6.55. The lowest BCUT2D eigenvalue weighted by atomic mass is 10.3. The van der Waals surface area contributed by atoms with E-state index in [-0.39, 0.29) is 5.75 Å². The van der Waals surface area contributed by atoms with E-state index in [2.05, 4.69) is 17.2 Å². The Hall–Kier alpha value is -1.40. The Morgan fingerprint density at radius 2 is 1.90 bits per heavy atom. The number of benzene rings is 1. The first-order chi connectivity index (χ1) is 9.55. The maximum atomic E-state index is 11.7. The van der Waals surface area contributed by atoms with Crippen molar-refractivity contribution in [2.45, 2.75) is 31.7 Å². The molecule has 0 fully saturated rings. The number of hydrogen-bond donors (Lipinski definition) is 1. The fourth-order valence-electron chi connectivity index (χ4n) is 1.73. The summed E-state index contributed by atoms with van der Waals surface area (Å²) in [5.74, 6) is 0.125. The highest BCUT2D eigenvalue weighted by Crippen LogP contribution is 2.18. The summed E-state index contributed by atoms with van der Waals surface area (Å²) in [6.07, 6.45) is 2.83. The summed E-state index contributed by atoms with van der Waals surface area (Å²) in [7, 11) is -3.12. The van der Waals surface area contributed by atoms with Crippen LogP contribution in [0.1, 0.15) is 23.7 Å². The zero-order valence-corrected chi connectivity index (χ0v) is 13.2. The van der Waals surface area contributed by atoms with Crippen LogP contribution in [-0.2, 0) is 22.8 Å². The van der Waals surface area contributed by atoms with E-state index in [1.54, 1.807) is 42.5 Å². The Bertz CT molecular complexity index is 661. The molecule has 108 valence electrons. The summed E-state index contributed by atoms with van der Waals surface area (Å²) < 4.78 is 23.4. The van der Waals surface area contributed by atoms with Crippen LogP contribution in [0, 0.1) is 0 Å². The number of nitrogens with zero attached hydrogens (tertiary/aromatic N) is 1. The van der Waals surface area contributed by atoms with Crippen molar-refractivity contribution >= 4 is 26.9 Å². The number of hydrogen-bond acceptors (Lipinski definition) is 5. The molecule has 0 aliphatic carbocycles. The van der Waals surface area contributed by atoms with Gasteiger partial charge < -0.3 is 5.32 Å². The summed E-state index contributed by atoms with van der Waals surface area (Å²) in [4.78, 5) is 5.85. The molecule has 1 heterocycles. The van der Waals surface area contributed by atoms with Crippen LogP contribution >= 0.6 is 11.3 Å². The predicted molar refractivity (Wildman–Crippen MR) is 83.0 cm³/mol. The molecule has 0 aliphatic rings. The van der Waals surface area contributed by atoms with E-state index in [0.29, 0.717) is 11.4 Å². The average Bonchev–Trinajstić information content (AvgIpc) is 2.93. The van der Waals surface area contributed by atoms with E-state index >= 15 is 0 Å². The molecule has 2 aromatic rings. The lowest BCUT2D eigenvalue weighted by molar-refractivity contribution is 0.597. The van der Waals surface area contributed by atoms with Crippen molar-refractivity contribution in [1.82, 2.24) is 4.98 Å². The molecular formula is C14H18N2O2S2. The summed E-state index contributed by atoms with van der Waals surface area (Å²) in [5.41, 5.74) is 0.909. The molecule has 1 aromatic heterocycles. The van der Waals surface area contributed by atoms with Crippen LogP contribution in [0.15, 0.2) is 35.4 Å². The Morgan fingerprint density at radius 1 is 1.20 bits per heavy atom. The monoisotopic (exact) mass is 310 g/mol. The van der Waals surface area contributed by atoms with E-state index in [1.165, 1.54) is 4.88 Å². The van der Waals surface area contributed by atoms with Gasteiger partial charge in [-0.15, -0.1) is 11.3 Å². The molecule has 2 rings (SSSR count). The van der Waals surface area contributed by atoms with Crippen molar-refractivity contribution in [3.8, 4) is 0 Å². The largest absolute Gasteiger partial charge is 0.380 e. The van der Waals surface area contributed by atoms with Gasteiger partial charge in [0.25, 0.3) is 0 Å². The van der Waals surface area contributed by atoms with Gasteiger partial charge in [0.1, 0.15) is 0 Å². The molecule has 4 nitrogen and oxygen atoms in total. The highest BCUT2D eigenvalue weighted by Gasteiger charge is 2.10. The third kappa shape index (κ3) is 3.58. The molecule has 0 aliphatic heterocycles. The molecular weight excluding hydrogens is 292 g/mol. The number of aromatic nitrogens is 1. The fourth-order valence-corrected chi connectivity index (χ4v) is 3.42. The van der Waals surface area contributed by atoms with E-state index in [0.717, 1.165) is 17.1 Å². The number of rotatable bonds is 6. The molecule has 0 unspecified atom stereocenters. The second-order valence-electron chi connectivity index (χ2n) is 4.36. The SMILES string of the molecule is CCc1ncc(CNc2ccc(S(=O)(=O)CC)cc2)s1. The van der Waals surface area contributed by atoms with Gasteiger partial charge in [0.05, 0.1) is 22.2 Å². The Morgan fingerprint density at radius 3 is 2.45 bits per heavy atom. The van der Waals surface area contributed by atoms with Crippen LogP contribution < -0.4 is 5.32 Å². The number of nitrogens with one attached hydrogen (secondary N) is 1. The van der Waals surface area contributed by atoms with Gasteiger partial charge in [-0.2, -0.15) is 0 Å². The van der Waals surface area contributed by atoms with Crippen molar-refractivity contribution in [3.63, 3.8) is 0 Å². The van der Waals surface area contributed by atoms with Crippen molar-refractivity contribution in [3.05, 3.63) is 40.3 Å². The molecule has 1 N–H and O–H groups in total. The summed E-state index contributed by atoms with van der Waals surface area (Å²) >= 11 is 1.69. The van der Waals surface area contributed by atoms with E-state index < -0.39 is 9.84 Å². The second-order valence-corrected chi connectivity index (χ2v) is 7.83. The normalized spacial score (nSPS) is 11.5. The summed E-state index contributed by atoms with van der Waals surface area (Å²) in [6.45, 7) is 4.44. The second kappa shape index (κ2) is 6.37. The zero-order valence-electron chi connectivity index (χ0n) is 11.6. The molecule has 1 aromatic carbocycles. The Kier molecular flexibility index (Phi) is 4.77. The van der Waals surface area contributed by atoms with Crippen LogP contribution in [0.3, 0.4) is 0 Å². The molecule has 0 radical (unpaired) electrons. The highest BCUT2D eigenvalue weighted by atomic mass is 32.2. The van der Waals surface area contributed by atoms with Gasteiger partial charge >= 0.3 is 0 Å². The smallest absolute Gasteiger partial charge is 0.178 e. The molecule has 0 saturated heterocycles. The van der Waals surface area contributed by atoms with Crippen LogP contribution in [0.4, 0.5) is 5.69 Å². The lowest BCUT2D eigenvalue weighted by Gasteiger charge is -2.06. The summed E-state index contributed by atoms with van der Waals surface area (Å²) in [5, 5.41) is 4.40. The van der Waals surface area contributed by atoms with E-state index in [1.807, 2.05) is 6.20 Å². The molecule has 0 atom stereocenters. The minimum absolute atomic E-state index is 0.125. The van der Waals surface area contributed by atoms with Crippen molar-refractivity contribution in [2.24, 2.45) is 0 Å². The van der Waals surface area contributed by atoms with Gasteiger partial charge in [0, 0.05) is 16.8 Å². The quantitative estimate of drug-likeness (QED) is 0.890. The molecule has 0 spiro atoms. The molecule has 0 amide bonds. The van der Waals surface area contributed by atoms with Crippen molar-refractivity contribution in [1.29, 1.82) is 0 Å². The van der Waals surface area contributed by atoms with Gasteiger partial charge in [-0.1, -0.05) is 13.8 Å². The lowest BCUT2D eigenvalue weighted by Crippen LogP contribution is -2.04. The highest BCUT2D eigenvalue weighted by molar-refractivity contribution is 7.91. The van der Waals surface area contributed by atoms with Gasteiger partial charge in [-0.05, 0) is 30.7 Å². The predicted octanol–water partition coefficient (Wildman–Crippen LogP) is 3.11. The third-order valence-corrected chi connectivity index (χ3v) is 5.86. The number of aryl methyl sites for hydroxylation is 1. The Balaban J connectivity index is 2.00. The maximum absolute atomic E-state index is 11.7.